The van der Waals surface area contributed by atoms with Gasteiger partial charge >= 0.3 is 5.97 Å². The minimum absolute atomic E-state index is 0.0886. The average Bonchev–Trinajstić information content (AvgIpc) is 2.88. The second-order valence-corrected chi connectivity index (χ2v) is 8.50. The van der Waals surface area contributed by atoms with Crippen molar-refractivity contribution in [3.8, 4) is 11.5 Å². The first-order chi connectivity index (χ1) is 17.3. The van der Waals surface area contributed by atoms with Gasteiger partial charge in [0.15, 0.2) is 30.0 Å². The van der Waals surface area contributed by atoms with Gasteiger partial charge in [0.05, 0.1) is 12.2 Å². The number of carbonyl (C=O) groups is 4. The summed E-state index contributed by atoms with van der Waals surface area (Å²) in [6.45, 7) is 6.36. The minimum Gasteiger partial charge on any atom is -0.490 e. The lowest BCUT2D eigenvalue weighted by Crippen LogP contribution is -2.38. The van der Waals surface area contributed by atoms with Crippen molar-refractivity contribution in [1.29, 1.82) is 0 Å². The monoisotopic (exact) mass is 496 g/mol. The molecule has 2 aromatic rings. The number of nitrogens with one attached hydrogen (secondary N) is 1. The van der Waals surface area contributed by atoms with Crippen molar-refractivity contribution in [3.63, 3.8) is 0 Å². The van der Waals surface area contributed by atoms with Gasteiger partial charge in [0.2, 0.25) is 0 Å². The van der Waals surface area contributed by atoms with Crippen LogP contribution in [0.25, 0.3) is 0 Å². The van der Waals surface area contributed by atoms with Gasteiger partial charge in [-0.25, -0.2) is 4.79 Å². The van der Waals surface area contributed by atoms with E-state index in [9.17, 15) is 19.2 Å². The number of anilines is 1. The van der Waals surface area contributed by atoms with Crippen LogP contribution in [0.5, 0.6) is 11.5 Å². The lowest BCUT2D eigenvalue weighted by atomic mass is 10.1. The fraction of sp³-hybridized carbons (Fsp3) is 0.407. The first-order valence-electron chi connectivity index (χ1n) is 12.1. The highest BCUT2D eigenvalue weighted by molar-refractivity contribution is 5.99. The van der Waals surface area contributed by atoms with Gasteiger partial charge in [-0.1, -0.05) is 12.1 Å². The van der Waals surface area contributed by atoms with Crippen molar-refractivity contribution < 1.29 is 33.4 Å². The Morgan fingerprint density at radius 2 is 1.69 bits per heavy atom. The lowest BCUT2D eigenvalue weighted by Gasteiger charge is -2.26. The molecule has 1 heterocycles. The molecule has 0 radical (unpaired) electrons. The summed E-state index contributed by atoms with van der Waals surface area (Å²) in [4.78, 5) is 51.0. The fourth-order valence-corrected chi connectivity index (χ4v) is 3.74. The van der Waals surface area contributed by atoms with E-state index < -0.39 is 18.0 Å². The van der Waals surface area contributed by atoms with Gasteiger partial charge < -0.3 is 24.4 Å². The SMILES string of the molecule is CCOc1cc(C(=O)OC(C)C(=O)Nc2cccc(C(C)=O)c2)ccc1OCC(=O)N1CCCCC1. The molecule has 9 heteroatoms. The number of benzene rings is 2. The molecule has 1 aliphatic heterocycles. The van der Waals surface area contributed by atoms with E-state index in [-0.39, 0.29) is 23.9 Å². The Hall–Kier alpha value is -3.88. The number of rotatable bonds is 10. The second-order valence-electron chi connectivity index (χ2n) is 8.50. The average molecular weight is 497 g/mol. The van der Waals surface area contributed by atoms with Crippen LogP contribution >= 0.6 is 0 Å². The Morgan fingerprint density at radius 3 is 2.39 bits per heavy atom. The molecule has 1 N–H and O–H groups in total. The number of hydrogen-bond donors (Lipinski definition) is 1. The summed E-state index contributed by atoms with van der Waals surface area (Å²) in [5.41, 5.74) is 1.06. The van der Waals surface area contributed by atoms with Crippen LogP contribution < -0.4 is 14.8 Å². The van der Waals surface area contributed by atoms with Crippen LogP contribution in [0.4, 0.5) is 5.69 Å². The number of carbonyl (C=O) groups excluding carboxylic acids is 4. The number of ether oxygens (including phenoxy) is 3. The zero-order valence-corrected chi connectivity index (χ0v) is 20.9. The Labute approximate surface area is 210 Å². The molecular weight excluding hydrogens is 464 g/mol. The fourth-order valence-electron chi connectivity index (χ4n) is 3.74. The van der Waals surface area contributed by atoms with E-state index in [1.807, 2.05) is 0 Å². The molecule has 1 unspecified atom stereocenters. The van der Waals surface area contributed by atoms with E-state index in [1.165, 1.54) is 26.0 Å². The third kappa shape index (κ3) is 7.31. The molecule has 0 bridgehead atoms. The first kappa shape index (κ1) is 26.7. The maximum atomic E-state index is 12.7. The summed E-state index contributed by atoms with van der Waals surface area (Å²) in [5, 5.41) is 2.64. The van der Waals surface area contributed by atoms with Crippen molar-refractivity contribution in [3.05, 3.63) is 53.6 Å². The predicted molar refractivity (Wildman–Crippen MR) is 133 cm³/mol. The number of hydrogen-bond acceptors (Lipinski definition) is 7. The maximum Gasteiger partial charge on any atom is 0.339 e. The second kappa shape index (κ2) is 12.7. The highest BCUT2D eigenvalue weighted by Gasteiger charge is 2.22. The molecule has 1 atom stereocenters. The predicted octanol–water partition coefficient (Wildman–Crippen LogP) is 3.86. The third-order valence-electron chi connectivity index (χ3n) is 5.73. The van der Waals surface area contributed by atoms with Crippen LogP contribution in [0.2, 0.25) is 0 Å². The molecule has 192 valence electrons. The molecule has 2 amide bonds. The molecule has 0 aromatic heterocycles. The number of nitrogens with zero attached hydrogens (tertiary/aromatic N) is 1. The normalized spacial score (nSPS) is 13.9. The Bertz CT molecular complexity index is 1110. The lowest BCUT2D eigenvalue weighted by molar-refractivity contribution is -0.134. The molecule has 2 aromatic carbocycles. The van der Waals surface area contributed by atoms with Crippen LogP contribution in [0.1, 0.15) is 60.7 Å². The quantitative estimate of drug-likeness (QED) is 0.393. The summed E-state index contributed by atoms with van der Waals surface area (Å²) < 4.78 is 16.6. The first-order valence-corrected chi connectivity index (χ1v) is 12.1. The van der Waals surface area contributed by atoms with E-state index >= 15 is 0 Å². The number of ketones is 1. The van der Waals surface area contributed by atoms with Gasteiger partial charge in [-0.15, -0.1) is 0 Å². The van der Waals surface area contributed by atoms with Crippen LogP contribution in [0.15, 0.2) is 42.5 Å². The summed E-state index contributed by atoms with van der Waals surface area (Å²) in [6.07, 6.45) is 2.03. The molecule has 3 rings (SSSR count). The van der Waals surface area contributed by atoms with E-state index in [0.29, 0.717) is 29.4 Å². The molecule has 1 saturated heterocycles. The molecular formula is C27H32N2O7. The Morgan fingerprint density at radius 1 is 0.944 bits per heavy atom. The van der Waals surface area contributed by atoms with Gasteiger partial charge in [0.25, 0.3) is 11.8 Å². The summed E-state index contributed by atoms with van der Waals surface area (Å²) in [6, 6.07) is 11.0. The van der Waals surface area contributed by atoms with Crippen molar-refractivity contribution in [1.82, 2.24) is 4.90 Å². The molecule has 36 heavy (non-hydrogen) atoms. The van der Waals surface area contributed by atoms with E-state index in [2.05, 4.69) is 5.32 Å². The van der Waals surface area contributed by atoms with Crippen molar-refractivity contribution in [2.75, 3.05) is 31.6 Å². The summed E-state index contributed by atoms with van der Waals surface area (Å²) >= 11 is 0. The molecule has 1 fully saturated rings. The number of amides is 2. The number of likely N-dealkylation sites (tertiary alicyclic amines) is 1. The zero-order valence-electron chi connectivity index (χ0n) is 20.9. The van der Waals surface area contributed by atoms with Crippen LogP contribution in [-0.2, 0) is 14.3 Å². The zero-order chi connectivity index (χ0) is 26.1. The summed E-state index contributed by atoms with van der Waals surface area (Å²) in [7, 11) is 0. The van der Waals surface area contributed by atoms with Gasteiger partial charge in [0, 0.05) is 24.3 Å². The van der Waals surface area contributed by atoms with Crippen molar-refractivity contribution >= 4 is 29.3 Å². The largest absolute Gasteiger partial charge is 0.490 e. The third-order valence-corrected chi connectivity index (χ3v) is 5.73. The standard InChI is InChI=1S/C27H32N2O7/c1-4-34-24-16-21(11-12-23(24)35-17-25(31)29-13-6-5-7-14-29)27(33)36-19(3)26(32)28-22-10-8-9-20(15-22)18(2)30/h8-12,15-16,19H,4-7,13-14,17H2,1-3H3,(H,28,32). The van der Waals surface area contributed by atoms with Crippen molar-refractivity contribution in [2.45, 2.75) is 46.1 Å². The number of Topliss-reactive ketones (excluding diaryl/α,β-unsaturated/α-hetero) is 1. The smallest absolute Gasteiger partial charge is 0.339 e. The minimum atomic E-state index is -1.09. The molecule has 9 nitrogen and oxygen atoms in total. The van der Waals surface area contributed by atoms with E-state index in [4.69, 9.17) is 14.2 Å². The molecule has 0 spiro atoms. The highest BCUT2D eigenvalue weighted by Crippen LogP contribution is 2.29. The van der Waals surface area contributed by atoms with Crippen LogP contribution in [-0.4, -0.2) is 60.9 Å². The van der Waals surface area contributed by atoms with Gasteiger partial charge in [-0.3, -0.25) is 14.4 Å². The Kier molecular flexibility index (Phi) is 9.44. The van der Waals surface area contributed by atoms with E-state index in [1.54, 1.807) is 42.2 Å². The molecule has 0 saturated carbocycles. The topological polar surface area (TPSA) is 111 Å². The highest BCUT2D eigenvalue weighted by atomic mass is 16.5. The van der Waals surface area contributed by atoms with E-state index in [0.717, 1.165) is 32.4 Å². The number of esters is 1. The maximum absolute atomic E-state index is 12.7. The van der Waals surface area contributed by atoms with Crippen LogP contribution in [0, 0.1) is 0 Å². The summed E-state index contributed by atoms with van der Waals surface area (Å²) in [5.74, 6) is -0.822. The van der Waals surface area contributed by atoms with Gasteiger partial charge in [-0.2, -0.15) is 0 Å². The molecule has 0 aliphatic carbocycles. The van der Waals surface area contributed by atoms with Gasteiger partial charge in [0.1, 0.15) is 0 Å². The van der Waals surface area contributed by atoms with Crippen LogP contribution in [0.3, 0.4) is 0 Å². The van der Waals surface area contributed by atoms with Crippen molar-refractivity contribution in [2.24, 2.45) is 0 Å². The number of piperidine rings is 1. The Balaban J connectivity index is 1.61. The van der Waals surface area contributed by atoms with Gasteiger partial charge in [-0.05, 0) is 70.4 Å². The molecule has 1 aliphatic rings.